The molecule has 0 saturated carbocycles. The van der Waals surface area contributed by atoms with Crippen molar-refractivity contribution in [3.63, 3.8) is 0 Å². The summed E-state index contributed by atoms with van der Waals surface area (Å²) >= 11 is 0. The zero-order valence-electron chi connectivity index (χ0n) is 16.3. The number of benzene rings is 2. The van der Waals surface area contributed by atoms with Crippen molar-refractivity contribution in [3.05, 3.63) is 60.2 Å². The topological polar surface area (TPSA) is 76.1 Å². The van der Waals surface area contributed by atoms with E-state index in [2.05, 4.69) is 0 Å². The summed E-state index contributed by atoms with van der Waals surface area (Å²) in [5.74, 6) is -1.66. The third-order valence-electron chi connectivity index (χ3n) is 3.89. The molecule has 0 aromatic heterocycles. The predicted octanol–water partition coefficient (Wildman–Crippen LogP) is 2.51. The van der Waals surface area contributed by atoms with Crippen LogP contribution in [0.1, 0.15) is 17.3 Å². The molecule has 0 unspecified atom stereocenters. The number of esters is 2. The maximum Gasteiger partial charge on any atom is 0.338 e. The first-order valence-corrected chi connectivity index (χ1v) is 8.88. The minimum atomic E-state index is -0.610. The van der Waals surface area contributed by atoms with E-state index in [9.17, 15) is 14.4 Å². The van der Waals surface area contributed by atoms with Crippen LogP contribution in [0.5, 0.6) is 0 Å². The normalized spacial score (nSPS) is 10.1. The molecule has 7 nitrogen and oxygen atoms in total. The van der Waals surface area contributed by atoms with Gasteiger partial charge in [-0.3, -0.25) is 14.5 Å². The largest absolute Gasteiger partial charge is 0.465 e. The highest BCUT2D eigenvalue weighted by atomic mass is 16.5. The summed E-state index contributed by atoms with van der Waals surface area (Å²) in [6, 6.07) is 15.6. The number of ether oxygens (including phenoxy) is 2. The Kier molecular flexibility index (Phi) is 7.56. The summed E-state index contributed by atoms with van der Waals surface area (Å²) in [6.45, 7) is 1.16. The van der Waals surface area contributed by atoms with E-state index in [4.69, 9.17) is 9.47 Å². The number of hydrogen-bond donors (Lipinski definition) is 0. The molecule has 0 spiro atoms. The first kappa shape index (κ1) is 21.0. The molecule has 0 bridgehead atoms. The van der Waals surface area contributed by atoms with Crippen molar-refractivity contribution in [3.8, 4) is 0 Å². The summed E-state index contributed by atoms with van der Waals surface area (Å²) in [5, 5.41) is 0. The zero-order chi connectivity index (χ0) is 20.5. The van der Waals surface area contributed by atoms with E-state index < -0.39 is 24.5 Å². The molecule has 0 aliphatic heterocycles. The lowest BCUT2D eigenvalue weighted by Gasteiger charge is -2.21. The third-order valence-corrected chi connectivity index (χ3v) is 3.89. The van der Waals surface area contributed by atoms with Crippen LogP contribution in [0.3, 0.4) is 0 Å². The Balaban J connectivity index is 2.07. The van der Waals surface area contributed by atoms with E-state index in [-0.39, 0.29) is 13.2 Å². The van der Waals surface area contributed by atoms with Gasteiger partial charge in [0.2, 0.25) is 0 Å². The summed E-state index contributed by atoms with van der Waals surface area (Å²) in [4.78, 5) is 39.9. The van der Waals surface area contributed by atoms with Crippen LogP contribution in [0.25, 0.3) is 0 Å². The van der Waals surface area contributed by atoms with Crippen molar-refractivity contribution in [2.24, 2.45) is 0 Å². The van der Waals surface area contributed by atoms with Crippen LogP contribution < -0.4 is 9.80 Å². The number of anilines is 2. The van der Waals surface area contributed by atoms with Gasteiger partial charge in [-0.25, -0.2) is 4.79 Å². The standard InChI is InChI=1S/C21H24N2O5/c1-4-27-20(25)14-23(17-10-6-5-7-11-17)19(24)15-28-21(26)16-9-8-12-18(13-16)22(2)3/h5-13H,4,14-15H2,1-3H3. The molecule has 7 heteroatoms. The van der Waals surface area contributed by atoms with Crippen molar-refractivity contribution in [1.29, 1.82) is 0 Å². The average molecular weight is 384 g/mol. The summed E-state index contributed by atoms with van der Waals surface area (Å²) in [5.41, 5.74) is 1.70. The number of carbonyl (C=O) groups excluding carboxylic acids is 3. The van der Waals surface area contributed by atoms with Crippen LogP contribution in [0.15, 0.2) is 54.6 Å². The van der Waals surface area contributed by atoms with Crippen molar-refractivity contribution >= 4 is 29.2 Å². The second-order valence-electron chi connectivity index (χ2n) is 6.14. The number of nitrogens with zero attached hydrogens (tertiary/aromatic N) is 2. The Morgan fingerprint density at radius 3 is 2.21 bits per heavy atom. The fourth-order valence-electron chi connectivity index (χ4n) is 2.47. The average Bonchev–Trinajstić information content (AvgIpc) is 2.71. The van der Waals surface area contributed by atoms with E-state index in [0.717, 1.165) is 5.69 Å². The molecule has 0 atom stereocenters. The smallest absolute Gasteiger partial charge is 0.338 e. The van der Waals surface area contributed by atoms with E-state index in [1.54, 1.807) is 55.5 Å². The molecule has 0 heterocycles. The SMILES string of the molecule is CCOC(=O)CN(C(=O)COC(=O)c1cccc(N(C)C)c1)c1ccccc1. The van der Waals surface area contributed by atoms with E-state index in [0.29, 0.717) is 11.3 Å². The summed E-state index contributed by atoms with van der Waals surface area (Å²) in [7, 11) is 3.72. The minimum absolute atomic E-state index is 0.215. The second kappa shape index (κ2) is 10.1. The fraction of sp³-hybridized carbons (Fsp3) is 0.286. The van der Waals surface area contributed by atoms with Crippen LogP contribution in [-0.4, -0.2) is 51.7 Å². The van der Waals surface area contributed by atoms with Crippen LogP contribution in [0, 0.1) is 0 Å². The molecular weight excluding hydrogens is 360 g/mol. The van der Waals surface area contributed by atoms with Crippen LogP contribution in [0.4, 0.5) is 11.4 Å². The molecule has 0 aliphatic carbocycles. The lowest BCUT2D eigenvalue weighted by molar-refractivity contribution is -0.142. The lowest BCUT2D eigenvalue weighted by atomic mass is 10.2. The molecule has 28 heavy (non-hydrogen) atoms. The summed E-state index contributed by atoms with van der Waals surface area (Å²) < 4.78 is 10.1. The number of rotatable bonds is 8. The molecule has 2 aromatic rings. The minimum Gasteiger partial charge on any atom is -0.465 e. The highest BCUT2D eigenvalue weighted by Gasteiger charge is 2.21. The van der Waals surface area contributed by atoms with Crippen LogP contribution in [-0.2, 0) is 19.1 Å². The molecule has 0 radical (unpaired) electrons. The van der Waals surface area contributed by atoms with Gasteiger partial charge in [0.05, 0.1) is 12.2 Å². The Hall–Kier alpha value is -3.35. The van der Waals surface area contributed by atoms with Gasteiger partial charge < -0.3 is 14.4 Å². The maximum absolute atomic E-state index is 12.6. The Bertz CT molecular complexity index is 821. The quantitative estimate of drug-likeness (QED) is 0.651. The molecule has 0 aliphatic rings. The molecule has 0 fully saturated rings. The monoisotopic (exact) mass is 384 g/mol. The number of carbonyl (C=O) groups is 3. The van der Waals surface area contributed by atoms with Gasteiger partial charge in [0.15, 0.2) is 6.61 Å². The van der Waals surface area contributed by atoms with Gasteiger partial charge in [-0.1, -0.05) is 24.3 Å². The zero-order valence-corrected chi connectivity index (χ0v) is 16.3. The van der Waals surface area contributed by atoms with Crippen molar-refractivity contribution < 1.29 is 23.9 Å². The predicted molar refractivity (Wildman–Crippen MR) is 106 cm³/mol. The van der Waals surface area contributed by atoms with E-state index in [1.165, 1.54) is 4.90 Å². The molecule has 1 amide bonds. The maximum atomic E-state index is 12.6. The molecule has 0 saturated heterocycles. The first-order chi connectivity index (χ1) is 13.4. The van der Waals surface area contributed by atoms with Gasteiger partial charge in [0, 0.05) is 25.5 Å². The highest BCUT2D eigenvalue weighted by Crippen LogP contribution is 2.16. The van der Waals surface area contributed by atoms with Gasteiger partial charge >= 0.3 is 11.9 Å². The molecule has 2 aromatic carbocycles. The van der Waals surface area contributed by atoms with Gasteiger partial charge in [-0.05, 0) is 37.3 Å². The van der Waals surface area contributed by atoms with Gasteiger partial charge in [-0.15, -0.1) is 0 Å². The third kappa shape index (κ3) is 5.84. The molecule has 148 valence electrons. The second-order valence-corrected chi connectivity index (χ2v) is 6.14. The van der Waals surface area contributed by atoms with Gasteiger partial charge in [0.1, 0.15) is 6.54 Å². The Morgan fingerprint density at radius 2 is 1.57 bits per heavy atom. The number of hydrogen-bond acceptors (Lipinski definition) is 6. The highest BCUT2D eigenvalue weighted by molar-refractivity contribution is 6.00. The number of amides is 1. The van der Waals surface area contributed by atoms with Crippen LogP contribution >= 0.6 is 0 Å². The van der Waals surface area contributed by atoms with E-state index >= 15 is 0 Å². The van der Waals surface area contributed by atoms with Gasteiger partial charge in [0.25, 0.3) is 5.91 Å². The molecular formula is C21H24N2O5. The Labute approximate surface area is 164 Å². The fourth-order valence-corrected chi connectivity index (χ4v) is 2.47. The van der Waals surface area contributed by atoms with Crippen molar-refractivity contribution in [1.82, 2.24) is 0 Å². The van der Waals surface area contributed by atoms with Crippen LogP contribution in [0.2, 0.25) is 0 Å². The Morgan fingerprint density at radius 1 is 0.893 bits per heavy atom. The molecule has 0 N–H and O–H groups in total. The van der Waals surface area contributed by atoms with E-state index in [1.807, 2.05) is 25.1 Å². The van der Waals surface area contributed by atoms with Gasteiger partial charge in [-0.2, -0.15) is 0 Å². The summed E-state index contributed by atoms with van der Waals surface area (Å²) in [6.07, 6.45) is 0. The number of para-hydroxylation sites is 1. The first-order valence-electron chi connectivity index (χ1n) is 8.88. The molecule has 2 rings (SSSR count). The lowest BCUT2D eigenvalue weighted by Crippen LogP contribution is -2.39. The van der Waals surface area contributed by atoms with Crippen molar-refractivity contribution in [2.45, 2.75) is 6.92 Å². The van der Waals surface area contributed by atoms with Crippen molar-refractivity contribution in [2.75, 3.05) is 43.7 Å².